The second-order valence-corrected chi connectivity index (χ2v) is 6.53. The number of aromatic nitrogens is 2. The predicted molar refractivity (Wildman–Crippen MR) is 109 cm³/mol. The highest BCUT2D eigenvalue weighted by molar-refractivity contribution is 5.85. The Hall–Kier alpha value is -1.34. The molecular formula is C18H29Cl2N5O. The summed E-state index contributed by atoms with van der Waals surface area (Å²) in [6.07, 6.45) is 6.48. The maximum Gasteiger partial charge on any atom is 0.315 e. The number of halogens is 2. The van der Waals surface area contributed by atoms with Crippen LogP contribution < -0.4 is 11.1 Å². The van der Waals surface area contributed by atoms with Crippen molar-refractivity contribution in [3.8, 4) is 0 Å². The number of hydrogen-bond acceptors (Lipinski definition) is 6. The summed E-state index contributed by atoms with van der Waals surface area (Å²) >= 11 is 0. The average molecular weight is 402 g/mol. The van der Waals surface area contributed by atoms with Crippen molar-refractivity contribution in [2.45, 2.75) is 44.2 Å². The minimum atomic E-state index is -0.386. The lowest BCUT2D eigenvalue weighted by molar-refractivity contribution is 0.245. The lowest BCUT2D eigenvalue weighted by Gasteiger charge is -2.23. The number of anilines is 1. The zero-order valence-electron chi connectivity index (χ0n) is 15.1. The van der Waals surface area contributed by atoms with E-state index in [0.717, 1.165) is 31.1 Å². The Bertz CT molecular complexity index is 619. The van der Waals surface area contributed by atoms with Crippen molar-refractivity contribution >= 4 is 30.8 Å². The van der Waals surface area contributed by atoms with E-state index in [2.05, 4.69) is 27.5 Å². The van der Waals surface area contributed by atoms with Gasteiger partial charge in [0.2, 0.25) is 5.89 Å². The molecule has 8 heteroatoms. The first kappa shape index (κ1) is 22.7. The molecule has 2 aromatic rings. The normalized spacial score (nSPS) is 15.3. The monoisotopic (exact) mass is 401 g/mol. The molecule has 0 bridgehead atoms. The van der Waals surface area contributed by atoms with E-state index < -0.39 is 0 Å². The standard InChI is InChI=1S/C18H27N5O.2ClH/c1-23(15-10-5-6-11-15)13-7-12-20-18-22-21-17(24-18)16(19)14-8-3-2-4-9-14;;/h2-4,8-9,15-16H,5-7,10-13,19H2,1H3,(H,20,22);2*1H/t16-;;/m1../s1. The van der Waals surface area contributed by atoms with E-state index in [-0.39, 0.29) is 30.9 Å². The molecule has 146 valence electrons. The number of nitrogens with zero attached hydrogens (tertiary/aromatic N) is 3. The summed E-state index contributed by atoms with van der Waals surface area (Å²) in [5, 5.41) is 11.3. The predicted octanol–water partition coefficient (Wildman–Crippen LogP) is 3.64. The van der Waals surface area contributed by atoms with Gasteiger partial charge in [0, 0.05) is 12.6 Å². The van der Waals surface area contributed by atoms with E-state index in [1.807, 2.05) is 30.3 Å². The lowest BCUT2D eigenvalue weighted by atomic mass is 10.1. The number of nitrogens with two attached hydrogens (primary N) is 1. The molecule has 3 rings (SSSR count). The van der Waals surface area contributed by atoms with Gasteiger partial charge in [0.15, 0.2) is 0 Å². The molecule has 0 aliphatic heterocycles. The summed E-state index contributed by atoms with van der Waals surface area (Å²) in [6, 6.07) is 10.6. The van der Waals surface area contributed by atoms with Crippen LogP contribution in [0.15, 0.2) is 34.7 Å². The van der Waals surface area contributed by atoms with Gasteiger partial charge >= 0.3 is 6.01 Å². The molecule has 1 saturated carbocycles. The van der Waals surface area contributed by atoms with Crippen LogP contribution in [-0.2, 0) is 0 Å². The van der Waals surface area contributed by atoms with Crippen molar-refractivity contribution < 1.29 is 4.42 Å². The molecule has 1 aliphatic rings. The van der Waals surface area contributed by atoms with Gasteiger partial charge in [0.25, 0.3) is 0 Å². The molecule has 3 N–H and O–H groups in total. The fraction of sp³-hybridized carbons (Fsp3) is 0.556. The van der Waals surface area contributed by atoms with Crippen molar-refractivity contribution in [3.63, 3.8) is 0 Å². The smallest absolute Gasteiger partial charge is 0.315 e. The first-order chi connectivity index (χ1) is 11.7. The zero-order valence-corrected chi connectivity index (χ0v) is 16.8. The van der Waals surface area contributed by atoms with Crippen molar-refractivity contribution in [2.75, 3.05) is 25.5 Å². The van der Waals surface area contributed by atoms with Gasteiger partial charge in [0.1, 0.15) is 6.04 Å². The van der Waals surface area contributed by atoms with E-state index >= 15 is 0 Å². The van der Waals surface area contributed by atoms with Crippen LogP contribution in [0, 0.1) is 0 Å². The molecule has 0 radical (unpaired) electrons. The van der Waals surface area contributed by atoms with Crippen LogP contribution in [0.2, 0.25) is 0 Å². The van der Waals surface area contributed by atoms with Gasteiger partial charge in [-0.3, -0.25) is 0 Å². The maximum absolute atomic E-state index is 6.16. The number of rotatable bonds is 8. The SMILES string of the molecule is CN(CCCNc1nnc([C@H](N)c2ccccc2)o1)C1CCCC1.Cl.Cl. The molecule has 0 spiro atoms. The van der Waals surface area contributed by atoms with Gasteiger partial charge in [-0.25, -0.2) is 0 Å². The Morgan fingerprint density at radius 3 is 2.58 bits per heavy atom. The number of benzene rings is 1. The molecule has 26 heavy (non-hydrogen) atoms. The van der Waals surface area contributed by atoms with Crippen LogP contribution in [0.4, 0.5) is 6.01 Å². The van der Waals surface area contributed by atoms with Crippen LogP contribution in [0.25, 0.3) is 0 Å². The molecule has 1 atom stereocenters. The molecule has 1 heterocycles. The van der Waals surface area contributed by atoms with Crippen LogP contribution >= 0.6 is 24.8 Å². The van der Waals surface area contributed by atoms with E-state index in [1.54, 1.807) is 0 Å². The molecule has 1 aliphatic carbocycles. The second-order valence-electron chi connectivity index (χ2n) is 6.53. The van der Waals surface area contributed by atoms with Gasteiger partial charge in [0.05, 0.1) is 0 Å². The third-order valence-electron chi connectivity index (χ3n) is 4.78. The van der Waals surface area contributed by atoms with E-state index in [4.69, 9.17) is 10.2 Å². The molecule has 0 amide bonds. The molecule has 1 aromatic heterocycles. The molecule has 1 fully saturated rings. The summed E-state index contributed by atoms with van der Waals surface area (Å²) in [5.74, 6) is 0.437. The van der Waals surface area contributed by atoms with E-state index in [0.29, 0.717) is 11.9 Å². The Morgan fingerprint density at radius 1 is 1.19 bits per heavy atom. The summed E-state index contributed by atoms with van der Waals surface area (Å²) < 4.78 is 5.63. The largest absolute Gasteiger partial charge is 0.406 e. The second kappa shape index (κ2) is 11.4. The zero-order chi connectivity index (χ0) is 16.8. The summed E-state index contributed by atoms with van der Waals surface area (Å²) in [4.78, 5) is 2.47. The highest BCUT2D eigenvalue weighted by atomic mass is 35.5. The topological polar surface area (TPSA) is 80.2 Å². The van der Waals surface area contributed by atoms with Crippen molar-refractivity contribution in [3.05, 3.63) is 41.8 Å². The van der Waals surface area contributed by atoms with Crippen LogP contribution in [0.5, 0.6) is 0 Å². The van der Waals surface area contributed by atoms with Crippen LogP contribution in [0.3, 0.4) is 0 Å². The summed E-state index contributed by atoms with van der Waals surface area (Å²) in [6.45, 7) is 1.90. The third-order valence-corrected chi connectivity index (χ3v) is 4.78. The van der Waals surface area contributed by atoms with Crippen molar-refractivity contribution in [1.82, 2.24) is 15.1 Å². The van der Waals surface area contributed by atoms with Gasteiger partial charge in [-0.15, -0.1) is 29.9 Å². The summed E-state index contributed by atoms with van der Waals surface area (Å²) in [5.41, 5.74) is 7.13. The fourth-order valence-electron chi connectivity index (χ4n) is 3.29. The first-order valence-electron chi connectivity index (χ1n) is 8.82. The van der Waals surface area contributed by atoms with E-state index in [9.17, 15) is 0 Å². The Morgan fingerprint density at radius 2 is 1.88 bits per heavy atom. The molecule has 1 aromatic carbocycles. The third kappa shape index (κ3) is 6.13. The minimum Gasteiger partial charge on any atom is -0.406 e. The van der Waals surface area contributed by atoms with Gasteiger partial charge in [-0.05, 0) is 38.4 Å². The highest BCUT2D eigenvalue weighted by Gasteiger charge is 2.19. The quantitative estimate of drug-likeness (QED) is 0.657. The summed E-state index contributed by atoms with van der Waals surface area (Å²) in [7, 11) is 2.22. The molecular weight excluding hydrogens is 373 g/mol. The van der Waals surface area contributed by atoms with Gasteiger partial charge in [-0.1, -0.05) is 48.3 Å². The first-order valence-corrected chi connectivity index (χ1v) is 8.82. The molecule has 0 saturated heterocycles. The van der Waals surface area contributed by atoms with Crippen molar-refractivity contribution in [1.29, 1.82) is 0 Å². The van der Waals surface area contributed by atoms with Crippen LogP contribution in [0.1, 0.15) is 49.6 Å². The highest BCUT2D eigenvalue weighted by Crippen LogP contribution is 2.22. The van der Waals surface area contributed by atoms with Crippen molar-refractivity contribution in [2.24, 2.45) is 5.73 Å². The number of nitrogens with one attached hydrogen (secondary N) is 1. The van der Waals surface area contributed by atoms with E-state index in [1.165, 1.54) is 25.7 Å². The Labute approximate surface area is 167 Å². The minimum absolute atomic E-state index is 0. The van der Waals surface area contributed by atoms with Gasteiger partial charge < -0.3 is 20.4 Å². The number of hydrogen-bond donors (Lipinski definition) is 2. The Balaban J connectivity index is 0.00000169. The maximum atomic E-state index is 6.16. The molecule has 0 unspecified atom stereocenters. The average Bonchev–Trinajstić information content (AvgIpc) is 3.30. The fourth-order valence-corrected chi connectivity index (χ4v) is 3.29. The Kier molecular flexibility index (Phi) is 9.94. The lowest BCUT2D eigenvalue weighted by Crippen LogP contribution is -2.30. The molecule has 6 nitrogen and oxygen atoms in total. The van der Waals surface area contributed by atoms with Crippen LogP contribution in [-0.4, -0.2) is 41.3 Å². The van der Waals surface area contributed by atoms with Gasteiger partial charge in [-0.2, -0.15) is 0 Å².